The predicted octanol–water partition coefficient (Wildman–Crippen LogP) is 5.47. The van der Waals surface area contributed by atoms with Crippen LogP contribution in [0.2, 0.25) is 0 Å². The van der Waals surface area contributed by atoms with Gasteiger partial charge in [0.1, 0.15) is 11.4 Å². The first kappa shape index (κ1) is 35.2. The van der Waals surface area contributed by atoms with Crippen molar-refractivity contribution in [2.45, 2.75) is 38.5 Å². The van der Waals surface area contributed by atoms with Crippen molar-refractivity contribution in [2.24, 2.45) is 21.1 Å². The van der Waals surface area contributed by atoms with Crippen LogP contribution in [0.5, 0.6) is 0 Å². The number of imide groups is 1. The fourth-order valence-corrected chi connectivity index (χ4v) is 7.54. The minimum atomic E-state index is -0.425. The molecule has 0 bridgehead atoms. The molecule has 12 heteroatoms. The van der Waals surface area contributed by atoms with Crippen LogP contribution >= 0.6 is 0 Å². The molecule has 55 heavy (non-hydrogen) atoms. The van der Waals surface area contributed by atoms with Crippen molar-refractivity contribution in [3.05, 3.63) is 112 Å². The summed E-state index contributed by atoms with van der Waals surface area (Å²) < 4.78 is 5.32. The maximum atomic E-state index is 12.9. The van der Waals surface area contributed by atoms with Crippen molar-refractivity contribution < 1.29 is 14.4 Å². The van der Waals surface area contributed by atoms with Crippen molar-refractivity contribution in [1.29, 1.82) is 0 Å². The van der Waals surface area contributed by atoms with Crippen molar-refractivity contribution in [2.75, 3.05) is 6.54 Å². The summed E-state index contributed by atoms with van der Waals surface area (Å²) in [5.41, 5.74) is 8.87. The molecule has 1 fully saturated rings. The number of carbonyl (C=O) groups excluding carboxylic acids is 3. The number of nitrogens with one attached hydrogen (secondary N) is 2. The Labute approximate surface area is 316 Å². The molecule has 0 saturated carbocycles. The van der Waals surface area contributed by atoms with Crippen LogP contribution in [-0.2, 0) is 30.7 Å². The van der Waals surface area contributed by atoms with Gasteiger partial charge in [0.15, 0.2) is 0 Å². The van der Waals surface area contributed by atoms with Crippen molar-refractivity contribution in [1.82, 2.24) is 39.3 Å². The van der Waals surface area contributed by atoms with E-state index in [0.717, 1.165) is 66.2 Å². The summed E-state index contributed by atoms with van der Waals surface area (Å²) in [6.07, 6.45) is 7.85. The lowest BCUT2D eigenvalue weighted by atomic mass is 9.90. The molecule has 1 aliphatic rings. The topological polar surface area (TPSA) is 146 Å². The van der Waals surface area contributed by atoms with E-state index in [-0.39, 0.29) is 41.6 Å². The van der Waals surface area contributed by atoms with Gasteiger partial charge in [0, 0.05) is 62.5 Å². The summed E-state index contributed by atoms with van der Waals surface area (Å²) in [5, 5.41) is 8.06. The first-order valence-electron chi connectivity index (χ1n) is 18.1. The minimum Gasteiger partial charge on any atom is -0.349 e. The third kappa shape index (κ3) is 6.33. The van der Waals surface area contributed by atoms with E-state index in [9.17, 15) is 19.2 Å². The molecule has 3 amide bonds. The Morgan fingerprint density at radius 2 is 1.75 bits per heavy atom. The third-order valence-corrected chi connectivity index (χ3v) is 10.5. The van der Waals surface area contributed by atoms with E-state index in [1.165, 1.54) is 0 Å². The van der Waals surface area contributed by atoms with Crippen LogP contribution in [0.3, 0.4) is 0 Å². The first-order chi connectivity index (χ1) is 26.5. The van der Waals surface area contributed by atoms with Gasteiger partial charge in [0.05, 0.1) is 40.9 Å². The number of amides is 3. The number of carbonyl (C=O) groups is 3. The second-order valence-electron chi connectivity index (χ2n) is 14.3. The second kappa shape index (κ2) is 13.8. The Kier molecular flexibility index (Phi) is 8.85. The number of hydrogen-bond donors (Lipinski definition) is 2. The van der Waals surface area contributed by atoms with Gasteiger partial charge in [-0.1, -0.05) is 38.0 Å². The van der Waals surface area contributed by atoms with E-state index in [1.54, 1.807) is 34.6 Å². The van der Waals surface area contributed by atoms with E-state index in [2.05, 4.69) is 64.5 Å². The summed E-state index contributed by atoms with van der Waals surface area (Å²) in [6, 6.07) is 17.7. The van der Waals surface area contributed by atoms with Gasteiger partial charge >= 0.3 is 5.69 Å². The fraction of sp³-hybridized carbons (Fsp3) is 0.233. The largest absolute Gasteiger partial charge is 0.349 e. The summed E-state index contributed by atoms with van der Waals surface area (Å²) >= 11 is 0. The van der Waals surface area contributed by atoms with Crippen molar-refractivity contribution >= 4 is 50.4 Å². The molecular formula is C43H38N8O4. The molecule has 0 aliphatic carbocycles. The van der Waals surface area contributed by atoms with E-state index in [4.69, 9.17) is 4.98 Å². The maximum Gasteiger partial charge on any atom is 0.328 e. The third-order valence-electron chi connectivity index (χ3n) is 10.5. The predicted molar refractivity (Wildman–Crippen MR) is 211 cm³/mol. The zero-order valence-corrected chi connectivity index (χ0v) is 31.1. The normalized spacial score (nSPS) is 14.4. The average Bonchev–Trinajstić information content (AvgIpc) is 3.62. The number of aryl methyl sites for hydroxylation is 3. The second-order valence-corrected chi connectivity index (χ2v) is 14.3. The summed E-state index contributed by atoms with van der Waals surface area (Å²) in [4.78, 5) is 63.6. The van der Waals surface area contributed by atoms with Crippen molar-refractivity contribution in [3.8, 4) is 34.2 Å². The number of aromatic nitrogens is 6. The van der Waals surface area contributed by atoms with Gasteiger partial charge in [0.2, 0.25) is 11.8 Å². The molecular weight excluding hydrogens is 693 g/mol. The van der Waals surface area contributed by atoms with Crippen LogP contribution in [0.1, 0.15) is 65.8 Å². The molecule has 2 aromatic carbocycles. The summed E-state index contributed by atoms with van der Waals surface area (Å²) in [6.45, 7) is 4.36. The Balaban J connectivity index is 0.972. The van der Waals surface area contributed by atoms with Crippen LogP contribution in [0, 0.1) is 11.8 Å². The number of imidazole rings is 1. The Hall–Kier alpha value is -6.87. The molecule has 12 nitrogen and oxygen atoms in total. The highest BCUT2D eigenvalue weighted by Gasteiger charge is 2.30. The van der Waals surface area contributed by atoms with Gasteiger partial charge < -0.3 is 9.88 Å². The Bertz CT molecular complexity index is 2850. The van der Waals surface area contributed by atoms with Crippen LogP contribution in [0.25, 0.3) is 55.1 Å². The highest BCUT2D eigenvalue weighted by atomic mass is 16.2. The van der Waals surface area contributed by atoms with Gasteiger partial charge in [-0.25, -0.2) is 9.78 Å². The average molecular weight is 731 g/mol. The minimum absolute atomic E-state index is 0.0525. The molecule has 1 unspecified atom stereocenters. The standard InChI is InChI=1S/C43H38N8O4/c1-24(2)31-16-27(18-37-40(31)51(5)43(55)50(37)4)29-10-6-8-25-17-36(47-21-33(25)29)26-11-13-35(46-20-26)42(54)44-15-7-9-28-19-32-34(23-49(3)38(32)22-45-28)30-12-14-39(52)48-41(30)53/h6,8,10-11,13,16-24,30H,12,14-15H2,1-5H3,(H,44,54)(H,48,52,53). The molecule has 8 rings (SSSR count). The lowest BCUT2D eigenvalue weighted by molar-refractivity contribution is -0.134. The van der Waals surface area contributed by atoms with E-state index >= 15 is 0 Å². The number of piperidine rings is 1. The smallest absolute Gasteiger partial charge is 0.328 e. The number of fused-ring (bicyclic) bond motifs is 3. The van der Waals surface area contributed by atoms with E-state index in [0.29, 0.717) is 18.5 Å². The fourth-order valence-electron chi connectivity index (χ4n) is 7.54. The molecule has 2 N–H and O–H groups in total. The summed E-state index contributed by atoms with van der Waals surface area (Å²) in [5.74, 6) is 4.83. The van der Waals surface area contributed by atoms with Gasteiger partial charge in [-0.05, 0) is 82.3 Å². The van der Waals surface area contributed by atoms with E-state index in [1.807, 2.05) is 61.4 Å². The first-order valence-corrected chi connectivity index (χ1v) is 18.1. The number of hydrogen-bond acceptors (Lipinski definition) is 7. The monoisotopic (exact) mass is 730 g/mol. The van der Waals surface area contributed by atoms with Crippen LogP contribution in [0.15, 0.2) is 84.2 Å². The SMILES string of the molecule is CC(C)c1cc(-c2cccc3cc(-c4ccc(C(=O)NCC#Cc5cc6c(C7CCC(=O)NC7=O)cn(C)c6cn5)nc4)ncc23)cc2c1n(C)c(=O)n2C. The van der Waals surface area contributed by atoms with Gasteiger partial charge in [0.25, 0.3) is 5.91 Å². The molecule has 7 aromatic rings. The zero-order chi connectivity index (χ0) is 38.5. The lowest BCUT2D eigenvalue weighted by Crippen LogP contribution is -2.39. The Morgan fingerprint density at radius 3 is 2.51 bits per heavy atom. The maximum absolute atomic E-state index is 12.9. The quantitative estimate of drug-likeness (QED) is 0.171. The van der Waals surface area contributed by atoms with E-state index < -0.39 is 5.92 Å². The molecule has 274 valence electrons. The molecule has 1 atom stereocenters. The molecule has 0 spiro atoms. The lowest BCUT2D eigenvalue weighted by Gasteiger charge is -2.20. The highest BCUT2D eigenvalue weighted by Crippen LogP contribution is 2.36. The van der Waals surface area contributed by atoms with Crippen LogP contribution < -0.4 is 16.3 Å². The van der Waals surface area contributed by atoms with Gasteiger partial charge in [-0.3, -0.25) is 38.8 Å². The van der Waals surface area contributed by atoms with Gasteiger partial charge in [-0.15, -0.1) is 0 Å². The van der Waals surface area contributed by atoms with Crippen molar-refractivity contribution in [3.63, 3.8) is 0 Å². The van der Waals surface area contributed by atoms with Crippen LogP contribution in [-0.4, -0.2) is 52.9 Å². The number of benzene rings is 2. The molecule has 6 heterocycles. The molecule has 1 aliphatic heterocycles. The Morgan fingerprint density at radius 1 is 0.909 bits per heavy atom. The number of rotatable bonds is 6. The van der Waals surface area contributed by atoms with Gasteiger partial charge in [-0.2, -0.15) is 0 Å². The zero-order valence-electron chi connectivity index (χ0n) is 31.1. The molecule has 5 aromatic heterocycles. The highest BCUT2D eigenvalue weighted by molar-refractivity contribution is 6.03. The number of pyridine rings is 3. The molecule has 0 radical (unpaired) electrons. The van der Waals surface area contributed by atoms with Crippen LogP contribution in [0.4, 0.5) is 0 Å². The molecule has 1 saturated heterocycles. The summed E-state index contributed by atoms with van der Waals surface area (Å²) in [7, 11) is 5.51. The number of nitrogens with zero attached hydrogens (tertiary/aromatic N) is 6.